The summed E-state index contributed by atoms with van der Waals surface area (Å²) in [5, 5.41) is 14.3. The van der Waals surface area contributed by atoms with Crippen molar-refractivity contribution < 1.29 is 10.0 Å². The molecule has 18 heavy (non-hydrogen) atoms. The Labute approximate surface area is 105 Å². The van der Waals surface area contributed by atoms with E-state index in [2.05, 4.69) is 20.4 Å². The monoisotopic (exact) mass is 253 g/mol. The molecule has 0 aromatic carbocycles. The van der Waals surface area contributed by atoms with Crippen molar-refractivity contribution in [3.8, 4) is 0 Å². The maximum atomic E-state index is 11.9. The maximum absolute atomic E-state index is 11.9. The van der Waals surface area contributed by atoms with Crippen LogP contribution < -0.4 is 11.1 Å². The van der Waals surface area contributed by atoms with E-state index in [-0.39, 0.29) is 17.7 Å². The fourth-order valence-electron chi connectivity index (χ4n) is 1.69. The first-order chi connectivity index (χ1) is 8.56. The summed E-state index contributed by atoms with van der Waals surface area (Å²) in [7, 11) is 0. The predicted octanol–water partition coefficient (Wildman–Crippen LogP) is 0.0870. The molecule has 1 atom stereocenters. The molecule has 1 aromatic heterocycles. The number of nitrogens with one attached hydrogen (secondary N) is 2. The van der Waals surface area contributed by atoms with Crippen molar-refractivity contribution in [2.24, 2.45) is 22.7 Å². The predicted molar refractivity (Wildman–Crippen MR) is 67.0 cm³/mol. The van der Waals surface area contributed by atoms with Gasteiger partial charge in [0.05, 0.1) is 6.33 Å². The molecule has 0 bridgehead atoms. The second kappa shape index (κ2) is 6.63. The first kappa shape index (κ1) is 14.0. The first-order valence-electron chi connectivity index (χ1n) is 5.78. The van der Waals surface area contributed by atoms with Crippen LogP contribution in [0.15, 0.2) is 17.7 Å². The van der Waals surface area contributed by atoms with E-state index in [1.807, 2.05) is 13.8 Å². The Bertz CT molecular complexity index is 400. The Kier molecular flexibility index (Phi) is 5.16. The van der Waals surface area contributed by atoms with Crippen LogP contribution in [0.25, 0.3) is 0 Å². The second-order valence-corrected chi connectivity index (χ2v) is 4.36. The molecular weight excluding hydrogens is 234 g/mol. The van der Waals surface area contributed by atoms with Crippen molar-refractivity contribution in [2.45, 2.75) is 20.3 Å². The first-order valence-corrected chi connectivity index (χ1v) is 5.78. The number of carbonyl (C=O) groups excluding carboxylic acids is 1. The molecule has 0 saturated carbocycles. The van der Waals surface area contributed by atoms with Crippen LogP contribution in [0.1, 0.15) is 19.5 Å². The molecule has 5 N–H and O–H groups in total. The van der Waals surface area contributed by atoms with Crippen LogP contribution in [0.5, 0.6) is 0 Å². The second-order valence-electron chi connectivity index (χ2n) is 4.36. The van der Waals surface area contributed by atoms with Crippen LogP contribution in [0, 0.1) is 11.8 Å². The number of H-pyrrole nitrogens is 1. The van der Waals surface area contributed by atoms with Gasteiger partial charge in [0.25, 0.3) is 0 Å². The molecule has 0 saturated heterocycles. The number of imidazole rings is 1. The fraction of sp³-hybridized carbons (Fsp3) is 0.545. The molecule has 7 nitrogen and oxygen atoms in total. The summed E-state index contributed by atoms with van der Waals surface area (Å²) in [4.78, 5) is 18.7. The van der Waals surface area contributed by atoms with Gasteiger partial charge in [0, 0.05) is 24.9 Å². The lowest BCUT2D eigenvalue weighted by atomic mass is 9.94. The number of nitrogens with two attached hydrogens (primary N) is 1. The van der Waals surface area contributed by atoms with Crippen molar-refractivity contribution >= 4 is 11.7 Å². The van der Waals surface area contributed by atoms with E-state index < -0.39 is 5.92 Å². The van der Waals surface area contributed by atoms with Crippen LogP contribution in [0.2, 0.25) is 0 Å². The van der Waals surface area contributed by atoms with Crippen LogP contribution >= 0.6 is 0 Å². The summed E-state index contributed by atoms with van der Waals surface area (Å²) in [6, 6.07) is 0. The molecule has 1 heterocycles. The standard InChI is InChI=1S/C11H19N5O2/c1-7(2)9(10(12)16-18)11(17)14-4-3-8-5-13-6-15-8/h5-7,9,18H,3-4H2,1-2H3,(H2,12,16)(H,13,15)(H,14,17). The van der Waals surface area contributed by atoms with Gasteiger partial charge in [-0.05, 0) is 5.92 Å². The molecule has 0 spiro atoms. The lowest BCUT2D eigenvalue weighted by Crippen LogP contribution is -2.42. The highest BCUT2D eigenvalue weighted by Gasteiger charge is 2.26. The smallest absolute Gasteiger partial charge is 0.231 e. The van der Waals surface area contributed by atoms with Gasteiger partial charge in [-0.25, -0.2) is 4.98 Å². The summed E-state index contributed by atoms with van der Waals surface area (Å²) in [6.07, 6.45) is 3.95. The molecule has 1 rings (SSSR count). The zero-order chi connectivity index (χ0) is 13.5. The molecule has 100 valence electrons. The van der Waals surface area contributed by atoms with Gasteiger partial charge in [-0.2, -0.15) is 0 Å². The number of hydrogen-bond acceptors (Lipinski definition) is 4. The van der Waals surface area contributed by atoms with Gasteiger partial charge in [-0.15, -0.1) is 0 Å². The third kappa shape index (κ3) is 3.76. The Morgan fingerprint density at radius 2 is 2.39 bits per heavy atom. The van der Waals surface area contributed by atoms with Gasteiger partial charge in [-0.1, -0.05) is 19.0 Å². The lowest BCUT2D eigenvalue weighted by Gasteiger charge is -2.18. The number of amides is 1. The number of amidine groups is 1. The van der Waals surface area contributed by atoms with E-state index in [1.54, 1.807) is 12.5 Å². The SMILES string of the molecule is CC(C)C(C(=O)NCCc1cnc[nH]1)C(N)=NO. The molecular formula is C11H19N5O2. The number of aromatic nitrogens is 2. The van der Waals surface area contributed by atoms with Crippen LogP contribution in [-0.4, -0.2) is 33.5 Å². The van der Waals surface area contributed by atoms with Gasteiger partial charge in [0.15, 0.2) is 5.84 Å². The lowest BCUT2D eigenvalue weighted by molar-refractivity contribution is -0.124. The molecule has 1 aromatic rings. The fourth-order valence-corrected chi connectivity index (χ4v) is 1.69. The zero-order valence-corrected chi connectivity index (χ0v) is 10.6. The van der Waals surface area contributed by atoms with Gasteiger partial charge in [0.1, 0.15) is 5.92 Å². The van der Waals surface area contributed by atoms with Gasteiger partial charge in [0.2, 0.25) is 5.91 Å². The third-order valence-corrected chi connectivity index (χ3v) is 2.63. The highest BCUT2D eigenvalue weighted by Crippen LogP contribution is 2.11. The molecule has 0 radical (unpaired) electrons. The quantitative estimate of drug-likeness (QED) is 0.249. The summed E-state index contributed by atoms with van der Waals surface area (Å²) < 4.78 is 0. The number of carbonyl (C=O) groups is 1. The van der Waals surface area contributed by atoms with Gasteiger partial charge in [-0.3, -0.25) is 4.79 Å². The minimum atomic E-state index is -0.614. The number of aromatic amines is 1. The summed E-state index contributed by atoms with van der Waals surface area (Å²) in [6.45, 7) is 4.16. The highest BCUT2D eigenvalue weighted by molar-refractivity contribution is 6.02. The average molecular weight is 253 g/mol. The maximum Gasteiger partial charge on any atom is 0.231 e. The number of nitrogens with zero attached hydrogens (tertiary/aromatic N) is 2. The van der Waals surface area contributed by atoms with E-state index in [4.69, 9.17) is 10.9 Å². The Morgan fingerprint density at radius 1 is 1.67 bits per heavy atom. The van der Waals surface area contributed by atoms with Crippen LogP contribution in [-0.2, 0) is 11.2 Å². The van der Waals surface area contributed by atoms with Crippen molar-refractivity contribution in [3.63, 3.8) is 0 Å². The number of rotatable bonds is 6. The number of oxime groups is 1. The highest BCUT2D eigenvalue weighted by atomic mass is 16.4. The van der Waals surface area contributed by atoms with Crippen molar-refractivity contribution in [3.05, 3.63) is 18.2 Å². The van der Waals surface area contributed by atoms with Crippen molar-refractivity contribution in [1.82, 2.24) is 15.3 Å². The largest absolute Gasteiger partial charge is 0.409 e. The van der Waals surface area contributed by atoms with Gasteiger partial charge < -0.3 is 21.2 Å². The minimum absolute atomic E-state index is 0.0342. The van der Waals surface area contributed by atoms with E-state index in [0.717, 1.165) is 5.69 Å². The summed E-state index contributed by atoms with van der Waals surface area (Å²) >= 11 is 0. The molecule has 0 aliphatic rings. The Morgan fingerprint density at radius 3 is 2.89 bits per heavy atom. The van der Waals surface area contributed by atoms with Gasteiger partial charge >= 0.3 is 0 Å². The number of hydrogen-bond donors (Lipinski definition) is 4. The topological polar surface area (TPSA) is 116 Å². The molecule has 0 fully saturated rings. The molecule has 7 heteroatoms. The molecule has 0 aliphatic carbocycles. The summed E-state index contributed by atoms with van der Waals surface area (Å²) in [5.41, 5.74) is 6.45. The zero-order valence-electron chi connectivity index (χ0n) is 10.6. The van der Waals surface area contributed by atoms with Crippen LogP contribution in [0.4, 0.5) is 0 Å². The molecule has 0 aliphatic heterocycles. The normalized spacial score (nSPS) is 13.6. The van der Waals surface area contributed by atoms with E-state index in [9.17, 15) is 4.79 Å². The Balaban J connectivity index is 2.47. The molecule has 1 unspecified atom stereocenters. The van der Waals surface area contributed by atoms with Crippen molar-refractivity contribution in [2.75, 3.05) is 6.54 Å². The van der Waals surface area contributed by atoms with E-state index in [1.165, 1.54) is 0 Å². The summed E-state index contributed by atoms with van der Waals surface area (Å²) in [5.74, 6) is -0.950. The van der Waals surface area contributed by atoms with Crippen LogP contribution in [0.3, 0.4) is 0 Å². The Hall–Kier alpha value is -2.05. The third-order valence-electron chi connectivity index (χ3n) is 2.63. The van der Waals surface area contributed by atoms with E-state index >= 15 is 0 Å². The van der Waals surface area contributed by atoms with Crippen molar-refractivity contribution in [1.29, 1.82) is 0 Å². The molecule has 1 amide bonds. The van der Waals surface area contributed by atoms with E-state index in [0.29, 0.717) is 13.0 Å². The average Bonchev–Trinajstić information content (AvgIpc) is 2.81. The minimum Gasteiger partial charge on any atom is -0.409 e.